The van der Waals surface area contributed by atoms with Crippen LogP contribution in [0.1, 0.15) is 32.3 Å². The molecule has 5 heteroatoms. The van der Waals surface area contributed by atoms with Gasteiger partial charge in [0.2, 0.25) is 5.75 Å². The highest BCUT2D eigenvalue weighted by atomic mass is 16.5. The van der Waals surface area contributed by atoms with Crippen LogP contribution in [0, 0.1) is 5.41 Å². The maximum atomic E-state index is 11.6. The van der Waals surface area contributed by atoms with E-state index in [0.29, 0.717) is 36.5 Å². The average molecular weight is 296 g/mol. The van der Waals surface area contributed by atoms with Gasteiger partial charge in [-0.15, -0.1) is 0 Å². The van der Waals surface area contributed by atoms with Crippen molar-refractivity contribution in [2.45, 2.75) is 33.1 Å². The number of benzene rings is 1. The first kappa shape index (κ1) is 17.1. The van der Waals surface area contributed by atoms with E-state index in [1.807, 2.05) is 26.0 Å². The van der Waals surface area contributed by atoms with E-state index in [-0.39, 0.29) is 0 Å². The van der Waals surface area contributed by atoms with Crippen molar-refractivity contribution in [2.75, 3.05) is 21.3 Å². The minimum atomic E-state index is -0.777. The summed E-state index contributed by atoms with van der Waals surface area (Å²) in [5, 5.41) is 9.55. The van der Waals surface area contributed by atoms with Crippen molar-refractivity contribution in [3.8, 4) is 17.2 Å². The highest BCUT2D eigenvalue weighted by molar-refractivity contribution is 5.75. The molecule has 0 spiro atoms. The zero-order valence-electron chi connectivity index (χ0n) is 13.4. The van der Waals surface area contributed by atoms with Crippen LogP contribution in [0.25, 0.3) is 0 Å². The summed E-state index contributed by atoms with van der Waals surface area (Å²) < 4.78 is 15.9. The molecule has 1 aromatic rings. The number of methoxy groups -OCH3 is 3. The molecule has 0 bridgehead atoms. The largest absolute Gasteiger partial charge is 0.493 e. The molecule has 0 aromatic heterocycles. The summed E-state index contributed by atoms with van der Waals surface area (Å²) in [5.41, 5.74) is 0.0838. The fraction of sp³-hybridized carbons (Fsp3) is 0.562. The lowest BCUT2D eigenvalue weighted by atomic mass is 9.77. The first-order valence-corrected chi connectivity index (χ1v) is 7.00. The van der Waals surface area contributed by atoms with Crippen molar-refractivity contribution < 1.29 is 24.1 Å². The van der Waals surface area contributed by atoms with Crippen molar-refractivity contribution in [3.63, 3.8) is 0 Å². The van der Waals surface area contributed by atoms with Crippen molar-refractivity contribution in [1.29, 1.82) is 0 Å². The summed E-state index contributed by atoms with van der Waals surface area (Å²) in [6.07, 6.45) is 1.55. The molecule has 0 saturated heterocycles. The Labute approximate surface area is 125 Å². The third-order valence-corrected chi connectivity index (χ3v) is 4.07. The molecule has 118 valence electrons. The van der Waals surface area contributed by atoms with Gasteiger partial charge in [-0.1, -0.05) is 13.8 Å². The summed E-state index contributed by atoms with van der Waals surface area (Å²) in [5.74, 6) is 0.815. The number of carboxylic acids is 1. The van der Waals surface area contributed by atoms with Crippen LogP contribution >= 0.6 is 0 Å². The van der Waals surface area contributed by atoms with Crippen molar-refractivity contribution in [1.82, 2.24) is 0 Å². The molecule has 0 aliphatic heterocycles. The summed E-state index contributed by atoms with van der Waals surface area (Å²) in [4.78, 5) is 11.6. The van der Waals surface area contributed by atoms with Gasteiger partial charge in [0.05, 0.1) is 26.7 Å². The number of ether oxygens (including phenoxy) is 3. The smallest absolute Gasteiger partial charge is 0.309 e. The maximum absolute atomic E-state index is 11.6. The van der Waals surface area contributed by atoms with E-state index >= 15 is 0 Å². The fourth-order valence-electron chi connectivity index (χ4n) is 2.51. The molecule has 0 amide bonds. The van der Waals surface area contributed by atoms with Crippen LogP contribution in [0.2, 0.25) is 0 Å². The monoisotopic (exact) mass is 296 g/mol. The van der Waals surface area contributed by atoms with Crippen LogP contribution in [0.4, 0.5) is 0 Å². The predicted octanol–water partition coefficient (Wildman–Crippen LogP) is 3.15. The number of hydrogen-bond donors (Lipinski definition) is 1. The Hall–Kier alpha value is -1.91. The van der Waals surface area contributed by atoms with Gasteiger partial charge in [0.25, 0.3) is 0 Å². The Morgan fingerprint density at radius 1 is 1.05 bits per heavy atom. The Morgan fingerprint density at radius 2 is 1.52 bits per heavy atom. The molecular formula is C16H24O5. The topological polar surface area (TPSA) is 65.0 Å². The molecule has 1 N–H and O–H groups in total. The molecule has 5 nitrogen and oxygen atoms in total. The quantitative estimate of drug-likeness (QED) is 0.798. The first-order chi connectivity index (χ1) is 9.97. The van der Waals surface area contributed by atoms with Crippen molar-refractivity contribution in [3.05, 3.63) is 17.7 Å². The SMILES string of the molecule is CCC(CC)(Cc1cc(OC)c(OC)c(OC)c1)C(=O)O. The van der Waals surface area contributed by atoms with Gasteiger partial charge in [0.15, 0.2) is 11.5 Å². The predicted molar refractivity (Wildman–Crippen MR) is 80.5 cm³/mol. The van der Waals surface area contributed by atoms with E-state index in [4.69, 9.17) is 14.2 Å². The Morgan fingerprint density at radius 3 is 1.81 bits per heavy atom. The minimum absolute atomic E-state index is 0.423. The summed E-state index contributed by atoms with van der Waals surface area (Å²) in [6, 6.07) is 3.62. The molecule has 1 rings (SSSR count). The van der Waals surface area contributed by atoms with Crippen LogP contribution in [0.5, 0.6) is 17.2 Å². The lowest BCUT2D eigenvalue weighted by Crippen LogP contribution is -2.32. The van der Waals surface area contributed by atoms with Gasteiger partial charge in [0, 0.05) is 0 Å². The summed E-state index contributed by atoms with van der Waals surface area (Å²) in [6.45, 7) is 3.80. The molecular weight excluding hydrogens is 272 g/mol. The molecule has 0 radical (unpaired) electrons. The second-order valence-corrected chi connectivity index (χ2v) is 5.00. The van der Waals surface area contributed by atoms with E-state index in [1.165, 1.54) is 0 Å². The molecule has 0 saturated carbocycles. The van der Waals surface area contributed by atoms with Crippen LogP contribution in [0.3, 0.4) is 0 Å². The van der Waals surface area contributed by atoms with E-state index in [2.05, 4.69) is 0 Å². The van der Waals surface area contributed by atoms with E-state index < -0.39 is 11.4 Å². The molecule has 0 atom stereocenters. The van der Waals surface area contributed by atoms with Crippen LogP contribution in [0.15, 0.2) is 12.1 Å². The number of aliphatic carboxylic acids is 1. The van der Waals surface area contributed by atoms with Gasteiger partial charge in [-0.3, -0.25) is 4.79 Å². The van der Waals surface area contributed by atoms with Gasteiger partial charge >= 0.3 is 5.97 Å². The molecule has 1 aromatic carbocycles. The second kappa shape index (κ2) is 7.20. The first-order valence-electron chi connectivity index (χ1n) is 7.00. The zero-order chi connectivity index (χ0) is 16.0. The fourth-order valence-corrected chi connectivity index (χ4v) is 2.51. The maximum Gasteiger partial charge on any atom is 0.309 e. The van der Waals surface area contributed by atoms with Gasteiger partial charge in [-0.25, -0.2) is 0 Å². The van der Waals surface area contributed by atoms with E-state index in [0.717, 1.165) is 5.56 Å². The van der Waals surface area contributed by atoms with Crippen molar-refractivity contribution in [2.24, 2.45) is 5.41 Å². The standard InChI is InChI=1S/C16H24O5/c1-6-16(7-2,15(17)18)10-11-8-12(19-3)14(21-5)13(9-11)20-4/h8-9H,6-7,10H2,1-5H3,(H,17,18). The van der Waals surface area contributed by atoms with Gasteiger partial charge in [-0.05, 0) is 37.0 Å². The Kier molecular flexibility index (Phi) is 5.88. The lowest BCUT2D eigenvalue weighted by Gasteiger charge is -2.27. The highest BCUT2D eigenvalue weighted by Gasteiger charge is 2.35. The summed E-state index contributed by atoms with van der Waals surface area (Å²) in [7, 11) is 4.63. The van der Waals surface area contributed by atoms with Gasteiger partial charge < -0.3 is 19.3 Å². The van der Waals surface area contributed by atoms with Gasteiger partial charge in [-0.2, -0.15) is 0 Å². The van der Waals surface area contributed by atoms with Crippen molar-refractivity contribution >= 4 is 5.97 Å². The normalized spacial score (nSPS) is 11.1. The van der Waals surface area contributed by atoms with Crippen LogP contribution < -0.4 is 14.2 Å². The molecule has 21 heavy (non-hydrogen) atoms. The second-order valence-electron chi connectivity index (χ2n) is 5.00. The van der Waals surface area contributed by atoms with Crippen LogP contribution in [-0.2, 0) is 11.2 Å². The average Bonchev–Trinajstić information content (AvgIpc) is 2.51. The summed E-state index contributed by atoms with van der Waals surface area (Å²) >= 11 is 0. The minimum Gasteiger partial charge on any atom is -0.493 e. The Bertz CT molecular complexity index is 466. The highest BCUT2D eigenvalue weighted by Crippen LogP contribution is 2.41. The Balaban J connectivity index is 3.28. The van der Waals surface area contributed by atoms with Gasteiger partial charge in [0.1, 0.15) is 0 Å². The van der Waals surface area contributed by atoms with E-state index in [1.54, 1.807) is 21.3 Å². The molecule has 0 aliphatic rings. The lowest BCUT2D eigenvalue weighted by molar-refractivity contribution is -0.149. The molecule has 0 unspecified atom stereocenters. The van der Waals surface area contributed by atoms with E-state index in [9.17, 15) is 9.90 Å². The number of carboxylic acid groups (broad SMARTS) is 1. The number of hydrogen-bond acceptors (Lipinski definition) is 4. The number of rotatable bonds is 8. The molecule has 0 fully saturated rings. The van der Waals surface area contributed by atoms with Crippen LogP contribution in [-0.4, -0.2) is 32.4 Å². The molecule has 0 aliphatic carbocycles. The third kappa shape index (κ3) is 3.40. The zero-order valence-corrected chi connectivity index (χ0v) is 13.4. The molecule has 0 heterocycles. The number of carbonyl (C=O) groups is 1. The third-order valence-electron chi connectivity index (χ3n) is 4.07.